The minimum Gasteiger partial charge on any atom is -0.258 e. The number of aromatic nitrogens is 12. The van der Waals surface area contributed by atoms with Gasteiger partial charge in [-0.1, -0.05) is 133 Å². The summed E-state index contributed by atoms with van der Waals surface area (Å²) in [7, 11) is 0. The SMILES string of the molecule is CC(C)c1n[nH]c(-c2ccc(-c3ccccc3-c3cc(-c4ccccc4-c4ccc(-c5nc(C(C)C)n[nH]5)nc4)cc(-c4ccccc4-c4ccc(-c5nc(C(C)C)n[nH]5)nc4)c3)cn2)n1. The van der Waals surface area contributed by atoms with Gasteiger partial charge in [-0.05, 0) is 86.5 Å². The molecule has 0 amide bonds. The van der Waals surface area contributed by atoms with Crippen molar-refractivity contribution in [3.63, 3.8) is 0 Å². The second kappa shape index (κ2) is 17.7. The normalized spacial score (nSPS) is 11.6. The summed E-state index contributed by atoms with van der Waals surface area (Å²) in [5.41, 5.74) is 14.7. The monoisotopic (exact) mass is 864 g/mol. The Bertz CT molecular complexity index is 2920. The number of hydrogen-bond acceptors (Lipinski definition) is 9. The smallest absolute Gasteiger partial charge is 0.174 e. The Balaban J connectivity index is 1.09. The van der Waals surface area contributed by atoms with Gasteiger partial charge in [-0.3, -0.25) is 30.2 Å². The summed E-state index contributed by atoms with van der Waals surface area (Å²) < 4.78 is 0. The number of rotatable bonds is 12. The maximum atomic E-state index is 4.86. The van der Waals surface area contributed by atoms with Crippen molar-refractivity contribution in [3.05, 3.63) is 163 Å². The summed E-state index contributed by atoms with van der Waals surface area (Å²) in [5.74, 6) is 4.88. The van der Waals surface area contributed by atoms with Gasteiger partial charge in [0.05, 0.1) is 0 Å². The first-order valence-electron chi connectivity index (χ1n) is 22.3. The Morgan fingerprint density at radius 2 is 0.576 bits per heavy atom. The lowest BCUT2D eigenvalue weighted by Crippen LogP contribution is -1.94. The third kappa shape index (κ3) is 8.32. The van der Waals surface area contributed by atoms with E-state index in [2.05, 4.69) is 196 Å². The number of nitrogens with zero attached hydrogens (tertiary/aromatic N) is 9. The number of aromatic amines is 3. The molecule has 0 spiro atoms. The molecular formula is C54H48N12. The zero-order valence-electron chi connectivity index (χ0n) is 37.6. The molecular weight excluding hydrogens is 817 g/mol. The van der Waals surface area contributed by atoms with Crippen LogP contribution in [0.5, 0.6) is 0 Å². The summed E-state index contributed by atoms with van der Waals surface area (Å²) in [6.07, 6.45) is 5.75. The van der Waals surface area contributed by atoms with E-state index in [0.717, 1.165) is 101 Å². The van der Waals surface area contributed by atoms with Crippen molar-refractivity contribution < 1.29 is 0 Å². The van der Waals surface area contributed by atoms with Gasteiger partial charge in [0.15, 0.2) is 34.9 Å². The van der Waals surface area contributed by atoms with E-state index in [1.807, 2.05) is 36.8 Å². The minimum atomic E-state index is 0.210. The van der Waals surface area contributed by atoms with E-state index in [1.165, 1.54) is 0 Å². The molecule has 0 atom stereocenters. The molecule has 12 heteroatoms. The van der Waals surface area contributed by atoms with Crippen molar-refractivity contribution in [2.24, 2.45) is 0 Å². The molecule has 0 saturated carbocycles. The highest BCUT2D eigenvalue weighted by molar-refractivity contribution is 5.94. The molecule has 3 N–H and O–H groups in total. The minimum absolute atomic E-state index is 0.210. The first-order chi connectivity index (χ1) is 32.2. The third-order valence-electron chi connectivity index (χ3n) is 11.7. The van der Waals surface area contributed by atoms with Crippen molar-refractivity contribution in [2.45, 2.75) is 59.3 Å². The first kappa shape index (κ1) is 41.7. The molecule has 10 aromatic rings. The lowest BCUT2D eigenvalue weighted by Gasteiger charge is -2.18. The number of H-pyrrole nitrogens is 3. The van der Waals surface area contributed by atoms with Crippen LogP contribution in [0.2, 0.25) is 0 Å². The molecule has 0 saturated heterocycles. The summed E-state index contributed by atoms with van der Waals surface area (Å²) in [6, 6.07) is 44.7. The Morgan fingerprint density at radius 3 is 0.788 bits per heavy atom. The van der Waals surface area contributed by atoms with E-state index < -0.39 is 0 Å². The van der Waals surface area contributed by atoms with Gasteiger partial charge in [-0.15, -0.1) is 0 Å². The van der Waals surface area contributed by atoms with Crippen molar-refractivity contribution >= 4 is 0 Å². The second-order valence-corrected chi connectivity index (χ2v) is 17.3. The molecule has 0 aliphatic heterocycles. The second-order valence-electron chi connectivity index (χ2n) is 17.3. The number of pyridine rings is 3. The summed E-state index contributed by atoms with van der Waals surface area (Å²) in [5, 5.41) is 22.4. The van der Waals surface area contributed by atoms with E-state index in [0.29, 0.717) is 17.5 Å². The molecule has 6 aromatic heterocycles. The predicted octanol–water partition coefficient (Wildman–Crippen LogP) is 12.6. The van der Waals surface area contributed by atoms with Crippen LogP contribution in [-0.2, 0) is 0 Å². The summed E-state index contributed by atoms with van der Waals surface area (Å²) in [6.45, 7) is 12.5. The van der Waals surface area contributed by atoms with Crippen molar-refractivity contribution in [2.75, 3.05) is 0 Å². The molecule has 0 aliphatic rings. The number of nitrogens with one attached hydrogen (secondary N) is 3. The van der Waals surface area contributed by atoms with Crippen LogP contribution in [0.15, 0.2) is 146 Å². The van der Waals surface area contributed by atoms with Crippen LogP contribution >= 0.6 is 0 Å². The fraction of sp³-hybridized carbons (Fsp3) is 0.167. The van der Waals surface area contributed by atoms with E-state index in [9.17, 15) is 0 Å². The number of hydrogen-bond donors (Lipinski definition) is 3. The lowest BCUT2D eigenvalue weighted by atomic mass is 9.86. The zero-order valence-corrected chi connectivity index (χ0v) is 37.6. The summed E-state index contributed by atoms with van der Waals surface area (Å²) in [4.78, 5) is 28.6. The Morgan fingerprint density at radius 1 is 0.318 bits per heavy atom. The standard InChI is InChI=1S/C54H48N12/c1-31(2)49-58-52(64-61-49)46-22-19-34(28-55-46)40-13-7-10-16-43(40)37-25-38(44-17-11-8-14-41(44)35-20-23-47(56-29-35)53-59-50(32(3)4)62-65-53)27-39(26-37)45-18-12-9-15-42(45)36-21-24-48(57-30-36)54-60-51(33(5)6)63-66-54/h7-33H,1-6H3,(H,58,61,64)(H,59,62,65)(H,60,63,66). The quantitative estimate of drug-likeness (QED) is 0.108. The van der Waals surface area contributed by atoms with Crippen LogP contribution < -0.4 is 0 Å². The Hall–Kier alpha value is -8.25. The topological polar surface area (TPSA) is 163 Å². The molecule has 0 radical (unpaired) electrons. The third-order valence-corrected chi connectivity index (χ3v) is 11.7. The van der Waals surface area contributed by atoms with Gasteiger partial charge >= 0.3 is 0 Å². The van der Waals surface area contributed by atoms with Crippen molar-refractivity contribution in [3.8, 4) is 101 Å². The summed E-state index contributed by atoms with van der Waals surface area (Å²) >= 11 is 0. The first-order valence-corrected chi connectivity index (χ1v) is 22.3. The van der Waals surface area contributed by atoms with Gasteiger partial charge in [0.2, 0.25) is 0 Å². The Kier molecular flexibility index (Phi) is 11.2. The lowest BCUT2D eigenvalue weighted by molar-refractivity contribution is 0.781. The molecule has 0 fully saturated rings. The van der Waals surface area contributed by atoms with Gasteiger partial charge in [-0.2, -0.15) is 15.3 Å². The van der Waals surface area contributed by atoms with Gasteiger partial charge in [0, 0.05) is 53.0 Å². The fourth-order valence-corrected chi connectivity index (χ4v) is 8.08. The fourth-order valence-electron chi connectivity index (χ4n) is 8.08. The largest absolute Gasteiger partial charge is 0.258 e. The molecule has 0 unspecified atom stereocenters. The van der Waals surface area contributed by atoms with Gasteiger partial charge < -0.3 is 0 Å². The van der Waals surface area contributed by atoms with Crippen LogP contribution in [0.4, 0.5) is 0 Å². The van der Waals surface area contributed by atoms with E-state index in [-0.39, 0.29) is 17.8 Å². The predicted molar refractivity (Wildman–Crippen MR) is 261 cm³/mol. The van der Waals surface area contributed by atoms with Crippen LogP contribution in [0.25, 0.3) is 101 Å². The zero-order chi connectivity index (χ0) is 45.3. The van der Waals surface area contributed by atoms with Crippen molar-refractivity contribution in [1.82, 2.24) is 60.5 Å². The average Bonchev–Trinajstić information content (AvgIpc) is 4.18. The average molecular weight is 865 g/mol. The van der Waals surface area contributed by atoms with Crippen molar-refractivity contribution in [1.29, 1.82) is 0 Å². The molecule has 10 rings (SSSR count). The molecule has 324 valence electrons. The van der Waals surface area contributed by atoms with Crippen LogP contribution in [0.3, 0.4) is 0 Å². The van der Waals surface area contributed by atoms with Gasteiger partial charge in [0.25, 0.3) is 0 Å². The highest BCUT2D eigenvalue weighted by Crippen LogP contribution is 2.42. The van der Waals surface area contributed by atoms with Gasteiger partial charge in [0.1, 0.15) is 17.1 Å². The molecule has 6 heterocycles. The van der Waals surface area contributed by atoms with Gasteiger partial charge in [-0.25, -0.2) is 15.0 Å². The molecule has 12 nitrogen and oxygen atoms in total. The van der Waals surface area contributed by atoms with E-state index in [1.54, 1.807) is 0 Å². The van der Waals surface area contributed by atoms with Crippen LogP contribution in [0.1, 0.15) is 76.8 Å². The molecule has 4 aromatic carbocycles. The van der Waals surface area contributed by atoms with E-state index in [4.69, 9.17) is 15.0 Å². The number of benzene rings is 4. The highest BCUT2D eigenvalue weighted by Gasteiger charge is 2.19. The molecule has 0 aliphatic carbocycles. The molecule has 0 bridgehead atoms. The maximum absolute atomic E-state index is 4.86. The Labute approximate surface area is 383 Å². The van der Waals surface area contributed by atoms with Crippen LogP contribution in [0, 0.1) is 0 Å². The highest BCUT2D eigenvalue weighted by atomic mass is 15.2. The van der Waals surface area contributed by atoms with E-state index >= 15 is 0 Å². The molecule has 66 heavy (non-hydrogen) atoms. The maximum Gasteiger partial charge on any atom is 0.174 e. The van der Waals surface area contributed by atoms with Crippen LogP contribution in [-0.4, -0.2) is 60.5 Å².